The van der Waals surface area contributed by atoms with Crippen molar-refractivity contribution in [3.05, 3.63) is 89.9 Å². The Bertz CT molecular complexity index is 1350. The molecule has 2 aliphatic rings. The van der Waals surface area contributed by atoms with Crippen LogP contribution in [0.3, 0.4) is 0 Å². The fourth-order valence-electron chi connectivity index (χ4n) is 5.71. The van der Waals surface area contributed by atoms with Gasteiger partial charge in [0, 0.05) is 39.1 Å². The molecule has 1 aliphatic carbocycles. The number of amides is 1. The zero-order chi connectivity index (χ0) is 30.6. The van der Waals surface area contributed by atoms with Crippen molar-refractivity contribution in [2.45, 2.75) is 84.3 Å². The molecule has 42 heavy (non-hydrogen) atoms. The highest BCUT2D eigenvalue weighted by Crippen LogP contribution is 2.42. The molecule has 226 valence electrons. The van der Waals surface area contributed by atoms with Crippen LogP contribution in [-0.4, -0.2) is 34.5 Å². The van der Waals surface area contributed by atoms with E-state index in [1.54, 1.807) is 0 Å². The lowest BCUT2D eigenvalue weighted by Gasteiger charge is -2.41. The van der Waals surface area contributed by atoms with E-state index in [9.17, 15) is 4.79 Å². The van der Waals surface area contributed by atoms with Gasteiger partial charge in [-0.15, -0.1) is 6.58 Å². The number of rotatable bonds is 13. The van der Waals surface area contributed by atoms with Crippen LogP contribution in [-0.2, 0) is 4.79 Å². The van der Waals surface area contributed by atoms with Crippen LogP contribution in [0.2, 0.25) is 0 Å². The summed E-state index contributed by atoms with van der Waals surface area (Å²) in [6.07, 6.45) is 8.30. The first-order valence-corrected chi connectivity index (χ1v) is 16.0. The molecule has 7 heteroatoms. The quantitative estimate of drug-likeness (QED) is 0.197. The van der Waals surface area contributed by atoms with Gasteiger partial charge in [-0.2, -0.15) is 0 Å². The van der Waals surface area contributed by atoms with E-state index in [0.717, 1.165) is 58.3 Å². The van der Waals surface area contributed by atoms with Crippen LogP contribution < -0.4 is 16.1 Å². The van der Waals surface area contributed by atoms with Crippen LogP contribution in [0, 0.1) is 17.3 Å². The molecule has 3 N–H and O–H groups in total. The van der Waals surface area contributed by atoms with E-state index in [1.165, 1.54) is 24.8 Å². The first kappa shape index (κ1) is 32.0. The maximum absolute atomic E-state index is 13.3. The van der Waals surface area contributed by atoms with Gasteiger partial charge in [-0.3, -0.25) is 9.78 Å². The topological polar surface area (TPSA) is 69.3 Å². The molecule has 1 aromatic carbocycles. The molecule has 1 amide bonds. The third kappa shape index (κ3) is 7.54. The number of benzene rings is 1. The Morgan fingerprint density at radius 1 is 1.14 bits per heavy atom. The summed E-state index contributed by atoms with van der Waals surface area (Å²) < 4.78 is 0.982. The third-order valence-electron chi connectivity index (χ3n) is 9.28. The highest BCUT2D eigenvalue weighted by molar-refractivity contribution is 9.10. The predicted octanol–water partition coefficient (Wildman–Crippen LogP) is 7.72. The molecule has 4 rings (SSSR count). The van der Waals surface area contributed by atoms with Gasteiger partial charge in [-0.1, -0.05) is 79.7 Å². The summed E-state index contributed by atoms with van der Waals surface area (Å²) in [4.78, 5) is 18.1. The van der Waals surface area contributed by atoms with Crippen LogP contribution in [0.5, 0.6) is 0 Å². The van der Waals surface area contributed by atoms with Crippen LogP contribution in [0.1, 0.15) is 78.0 Å². The van der Waals surface area contributed by atoms with E-state index in [-0.39, 0.29) is 29.4 Å². The summed E-state index contributed by atoms with van der Waals surface area (Å²) in [5.74, 6) is 0.930. The van der Waals surface area contributed by atoms with Gasteiger partial charge >= 0.3 is 0 Å². The summed E-state index contributed by atoms with van der Waals surface area (Å²) in [6.45, 7) is 26.6. The van der Waals surface area contributed by atoms with Crippen molar-refractivity contribution in [1.29, 1.82) is 0 Å². The molecular formula is C35H48BrN5O. The van der Waals surface area contributed by atoms with Gasteiger partial charge in [-0.25, -0.2) is 5.43 Å². The molecule has 6 nitrogen and oxygen atoms in total. The second-order valence-corrected chi connectivity index (χ2v) is 13.6. The van der Waals surface area contributed by atoms with Crippen molar-refractivity contribution >= 4 is 32.7 Å². The SMILES string of the molecule is C=CC(C)(C)C(=C)CC(C(=C)N[C@@H](C)C(=C)N1CCC[C@@H](C(=O)N[C@H](C)c2ccc3ccc(Br)cc3n2)N1)C1CCC1. The maximum atomic E-state index is 13.3. The Hall–Kier alpha value is -2.90. The Morgan fingerprint density at radius 2 is 1.86 bits per heavy atom. The minimum Gasteiger partial charge on any atom is -0.381 e. The lowest BCUT2D eigenvalue weighted by Crippen LogP contribution is -2.57. The van der Waals surface area contributed by atoms with Gasteiger partial charge in [0.15, 0.2) is 0 Å². The molecule has 1 saturated carbocycles. The minimum atomic E-state index is -0.338. The van der Waals surface area contributed by atoms with Crippen molar-refractivity contribution in [3.8, 4) is 0 Å². The number of carbonyl (C=O) groups is 1. The Labute approximate surface area is 260 Å². The number of hydrogen-bond donors (Lipinski definition) is 3. The molecule has 0 bridgehead atoms. The second-order valence-electron chi connectivity index (χ2n) is 12.7. The Balaban J connectivity index is 1.34. The molecule has 1 saturated heterocycles. The van der Waals surface area contributed by atoms with E-state index >= 15 is 0 Å². The molecule has 0 radical (unpaired) electrons. The molecule has 4 atom stereocenters. The predicted molar refractivity (Wildman–Crippen MR) is 178 cm³/mol. The highest BCUT2D eigenvalue weighted by Gasteiger charge is 2.33. The summed E-state index contributed by atoms with van der Waals surface area (Å²) in [7, 11) is 0. The fraction of sp³-hybridized carbons (Fsp3) is 0.486. The average Bonchev–Trinajstić information content (AvgIpc) is 2.94. The number of nitrogens with zero attached hydrogens (tertiary/aromatic N) is 2. The average molecular weight is 635 g/mol. The van der Waals surface area contributed by atoms with Crippen molar-refractivity contribution in [2.24, 2.45) is 17.3 Å². The number of allylic oxidation sites excluding steroid dienone is 3. The number of carbonyl (C=O) groups excluding carboxylic acids is 1. The van der Waals surface area contributed by atoms with Crippen molar-refractivity contribution in [1.82, 2.24) is 26.1 Å². The lowest BCUT2D eigenvalue weighted by molar-refractivity contribution is -0.126. The normalized spacial score (nSPS) is 19.7. The smallest absolute Gasteiger partial charge is 0.239 e. The Morgan fingerprint density at radius 3 is 2.52 bits per heavy atom. The third-order valence-corrected chi connectivity index (χ3v) is 9.78. The molecular weight excluding hydrogens is 586 g/mol. The zero-order valence-electron chi connectivity index (χ0n) is 25.8. The van der Waals surface area contributed by atoms with E-state index in [4.69, 9.17) is 4.98 Å². The summed E-state index contributed by atoms with van der Waals surface area (Å²) in [5, 5.41) is 9.93. The molecule has 1 aromatic heterocycles. The Kier molecular flexibility index (Phi) is 10.4. The van der Waals surface area contributed by atoms with E-state index in [1.807, 2.05) is 48.3 Å². The molecule has 2 aromatic rings. The van der Waals surface area contributed by atoms with Gasteiger partial charge in [0.1, 0.15) is 6.04 Å². The molecule has 2 fully saturated rings. The summed E-state index contributed by atoms with van der Waals surface area (Å²) >= 11 is 3.52. The zero-order valence-corrected chi connectivity index (χ0v) is 27.4. The number of nitrogens with one attached hydrogen (secondary N) is 3. The van der Waals surface area contributed by atoms with Gasteiger partial charge in [0.05, 0.1) is 23.3 Å². The summed E-state index contributed by atoms with van der Waals surface area (Å²) in [6, 6.07) is 9.48. The number of hydrogen-bond acceptors (Lipinski definition) is 5. The monoisotopic (exact) mass is 633 g/mol. The molecule has 1 aliphatic heterocycles. The lowest BCUT2D eigenvalue weighted by atomic mass is 9.69. The standard InChI is InChI=1S/C35H48BrN5O/c1-9-35(7,8)22(2)20-30(27-12-10-13-27)24(4)37-23(3)26(6)41-19-11-14-32(40-41)34(42)38-25(5)31-18-16-28-15-17-29(36)21-33(28)39-31/h9,15-18,21,23,25,27,30,32,37,40H,1-2,4,6,10-14,19-20H2,3,5,7-8H3,(H,38,42)/t23-,25+,30?,32-/m0/s1. The van der Waals surface area contributed by atoms with Gasteiger partial charge < -0.3 is 15.6 Å². The largest absolute Gasteiger partial charge is 0.381 e. The van der Waals surface area contributed by atoms with Crippen LogP contribution >= 0.6 is 15.9 Å². The van der Waals surface area contributed by atoms with Crippen molar-refractivity contribution < 1.29 is 4.79 Å². The van der Waals surface area contributed by atoms with Crippen LogP contribution in [0.4, 0.5) is 0 Å². The maximum Gasteiger partial charge on any atom is 0.239 e. The van der Waals surface area contributed by atoms with Crippen LogP contribution in [0.15, 0.2) is 84.2 Å². The number of aromatic nitrogens is 1. The first-order valence-electron chi connectivity index (χ1n) is 15.3. The number of fused-ring (bicyclic) bond motifs is 1. The number of halogens is 1. The van der Waals surface area contributed by atoms with Gasteiger partial charge in [0.2, 0.25) is 5.91 Å². The van der Waals surface area contributed by atoms with E-state index in [2.05, 4.69) is 79.1 Å². The highest BCUT2D eigenvalue weighted by atomic mass is 79.9. The van der Waals surface area contributed by atoms with Gasteiger partial charge in [0.25, 0.3) is 0 Å². The molecule has 2 heterocycles. The fourth-order valence-corrected chi connectivity index (χ4v) is 6.06. The van der Waals surface area contributed by atoms with Crippen LogP contribution in [0.25, 0.3) is 10.9 Å². The molecule has 0 spiro atoms. The first-order chi connectivity index (χ1) is 19.9. The number of pyridine rings is 1. The second kappa shape index (κ2) is 13.6. The number of hydrazine groups is 1. The van der Waals surface area contributed by atoms with E-state index < -0.39 is 0 Å². The van der Waals surface area contributed by atoms with Gasteiger partial charge in [-0.05, 0) is 70.1 Å². The van der Waals surface area contributed by atoms with Crippen molar-refractivity contribution in [2.75, 3.05) is 6.54 Å². The minimum absolute atomic E-state index is 0.0323. The van der Waals surface area contributed by atoms with Crippen molar-refractivity contribution in [3.63, 3.8) is 0 Å². The van der Waals surface area contributed by atoms with E-state index in [0.29, 0.717) is 11.8 Å². The molecule has 1 unspecified atom stereocenters. The summed E-state index contributed by atoms with van der Waals surface area (Å²) in [5.41, 5.74) is 8.20.